The molecule has 2 rings (SSSR count). The Morgan fingerprint density at radius 1 is 1.28 bits per heavy atom. The van der Waals surface area contributed by atoms with Gasteiger partial charge in [0.1, 0.15) is 5.82 Å². The van der Waals surface area contributed by atoms with E-state index in [0.29, 0.717) is 11.7 Å². The molecule has 0 radical (unpaired) electrons. The average Bonchev–Trinajstić information content (AvgIpc) is 2.46. The number of aliphatic hydroxyl groups is 1. The van der Waals surface area contributed by atoms with Crippen molar-refractivity contribution in [1.82, 2.24) is 9.97 Å². The molecule has 0 spiro atoms. The van der Waals surface area contributed by atoms with E-state index in [4.69, 9.17) is 0 Å². The van der Waals surface area contributed by atoms with Crippen LogP contribution in [-0.4, -0.2) is 27.9 Å². The van der Waals surface area contributed by atoms with E-state index in [1.807, 2.05) is 36.6 Å². The molecule has 2 aromatic rings. The van der Waals surface area contributed by atoms with Gasteiger partial charge in [-0.1, -0.05) is 42.1 Å². The number of aromatic nitrogens is 2. The van der Waals surface area contributed by atoms with Gasteiger partial charge >= 0.3 is 0 Å². The summed E-state index contributed by atoms with van der Waals surface area (Å²) in [5.74, 6) is 0.726. The summed E-state index contributed by atoms with van der Waals surface area (Å²) in [6.07, 6.45) is 3.09. The van der Waals surface area contributed by atoms with Crippen molar-refractivity contribution in [3.05, 3.63) is 48.2 Å². The van der Waals surface area contributed by atoms with Gasteiger partial charge in [0, 0.05) is 12.7 Å². The van der Waals surface area contributed by atoms with Crippen LogP contribution >= 0.6 is 11.8 Å². The third kappa shape index (κ3) is 3.45. The topological polar surface area (TPSA) is 58.0 Å². The number of nitrogens with one attached hydrogen (secondary N) is 1. The SMILES string of the molecule is CSc1nccc(NC[C@@H](O)c2ccccc2)n1. The quantitative estimate of drug-likeness (QED) is 0.639. The van der Waals surface area contributed by atoms with Gasteiger partial charge < -0.3 is 10.4 Å². The Morgan fingerprint density at radius 3 is 2.78 bits per heavy atom. The van der Waals surface area contributed by atoms with Crippen LogP contribution in [0.2, 0.25) is 0 Å². The van der Waals surface area contributed by atoms with Crippen molar-refractivity contribution in [2.75, 3.05) is 18.1 Å². The van der Waals surface area contributed by atoms with Gasteiger partial charge in [-0.15, -0.1) is 0 Å². The van der Waals surface area contributed by atoms with E-state index >= 15 is 0 Å². The van der Waals surface area contributed by atoms with Crippen LogP contribution in [0.5, 0.6) is 0 Å². The Labute approximate surface area is 110 Å². The molecule has 0 fully saturated rings. The van der Waals surface area contributed by atoms with Crippen molar-refractivity contribution in [3.63, 3.8) is 0 Å². The third-order valence-corrected chi connectivity index (χ3v) is 3.04. The molecular weight excluding hydrogens is 246 g/mol. The molecule has 1 heterocycles. The first-order chi connectivity index (χ1) is 8.79. The molecule has 18 heavy (non-hydrogen) atoms. The second-order valence-electron chi connectivity index (χ2n) is 3.74. The minimum absolute atomic E-state index is 0.425. The van der Waals surface area contributed by atoms with E-state index in [2.05, 4.69) is 15.3 Å². The van der Waals surface area contributed by atoms with Crippen LogP contribution in [0, 0.1) is 0 Å². The van der Waals surface area contributed by atoms with Crippen molar-refractivity contribution in [2.45, 2.75) is 11.3 Å². The van der Waals surface area contributed by atoms with Crippen LogP contribution < -0.4 is 5.32 Å². The van der Waals surface area contributed by atoms with E-state index in [-0.39, 0.29) is 0 Å². The smallest absolute Gasteiger partial charge is 0.189 e. The summed E-state index contributed by atoms with van der Waals surface area (Å²) >= 11 is 1.49. The number of rotatable bonds is 5. The summed E-state index contributed by atoms with van der Waals surface area (Å²) in [7, 11) is 0. The highest BCUT2D eigenvalue weighted by atomic mass is 32.2. The van der Waals surface area contributed by atoms with Crippen LogP contribution in [-0.2, 0) is 0 Å². The zero-order chi connectivity index (χ0) is 12.8. The lowest BCUT2D eigenvalue weighted by Crippen LogP contribution is -2.13. The normalized spacial score (nSPS) is 12.1. The minimum Gasteiger partial charge on any atom is -0.387 e. The molecule has 0 aliphatic heterocycles. The molecule has 2 N–H and O–H groups in total. The van der Waals surface area contributed by atoms with E-state index in [0.717, 1.165) is 11.4 Å². The van der Waals surface area contributed by atoms with Gasteiger partial charge in [0.05, 0.1) is 6.10 Å². The maximum atomic E-state index is 10.00. The standard InChI is InChI=1S/C13H15N3OS/c1-18-13-14-8-7-12(16-13)15-9-11(17)10-5-3-2-4-6-10/h2-8,11,17H,9H2,1H3,(H,14,15,16)/t11-/m1/s1. The molecule has 1 atom stereocenters. The molecule has 5 heteroatoms. The third-order valence-electron chi connectivity index (χ3n) is 2.48. The van der Waals surface area contributed by atoms with Gasteiger partial charge in [-0.25, -0.2) is 9.97 Å². The second kappa shape index (κ2) is 6.37. The summed E-state index contributed by atoms with van der Waals surface area (Å²) in [4.78, 5) is 8.38. The molecule has 1 aromatic carbocycles. The van der Waals surface area contributed by atoms with E-state index in [1.165, 1.54) is 11.8 Å². The molecule has 0 aliphatic carbocycles. The Hall–Kier alpha value is -1.59. The lowest BCUT2D eigenvalue weighted by Gasteiger charge is -2.12. The molecule has 0 bridgehead atoms. The number of anilines is 1. The Kier molecular flexibility index (Phi) is 4.55. The van der Waals surface area contributed by atoms with E-state index in [9.17, 15) is 5.11 Å². The number of benzene rings is 1. The highest BCUT2D eigenvalue weighted by Gasteiger charge is 2.06. The first-order valence-electron chi connectivity index (χ1n) is 5.63. The highest BCUT2D eigenvalue weighted by molar-refractivity contribution is 7.98. The molecule has 94 valence electrons. The van der Waals surface area contributed by atoms with Crippen LogP contribution in [0.1, 0.15) is 11.7 Å². The number of hydrogen-bond donors (Lipinski definition) is 2. The van der Waals surface area contributed by atoms with Crippen molar-refractivity contribution in [2.24, 2.45) is 0 Å². The number of aliphatic hydroxyl groups excluding tert-OH is 1. The predicted octanol–water partition coefficient (Wildman–Crippen LogP) is 2.34. The fraction of sp³-hybridized carbons (Fsp3) is 0.231. The van der Waals surface area contributed by atoms with E-state index < -0.39 is 6.10 Å². The van der Waals surface area contributed by atoms with Crippen molar-refractivity contribution in [1.29, 1.82) is 0 Å². The fourth-order valence-electron chi connectivity index (χ4n) is 1.53. The zero-order valence-corrected chi connectivity index (χ0v) is 10.9. The fourth-order valence-corrected chi connectivity index (χ4v) is 1.89. The average molecular weight is 261 g/mol. The zero-order valence-electron chi connectivity index (χ0n) is 10.1. The molecule has 0 saturated heterocycles. The molecule has 0 unspecified atom stereocenters. The summed E-state index contributed by atoms with van der Waals surface area (Å²) in [6.45, 7) is 0.425. The van der Waals surface area contributed by atoms with Crippen molar-refractivity contribution in [3.8, 4) is 0 Å². The van der Waals surface area contributed by atoms with Gasteiger partial charge in [0.2, 0.25) is 0 Å². The van der Waals surface area contributed by atoms with Gasteiger partial charge in [-0.05, 0) is 17.9 Å². The van der Waals surface area contributed by atoms with E-state index in [1.54, 1.807) is 12.3 Å². The number of hydrogen-bond acceptors (Lipinski definition) is 5. The first-order valence-corrected chi connectivity index (χ1v) is 6.86. The van der Waals surface area contributed by atoms with Crippen molar-refractivity contribution >= 4 is 17.6 Å². The van der Waals surface area contributed by atoms with Crippen LogP contribution in [0.25, 0.3) is 0 Å². The Bertz CT molecular complexity index is 493. The van der Waals surface area contributed by atoms with Gasteiger partial charge in [-0.2, -0.15) is 0 Å². The molecular formula is C13H15N3OS. The molecule has 1 aromatic heterocycles. The Balaban J connectivity index is 1.95. The summed E-state index contributed by atoms with van der Waals surface area (Å²) in [6, 6.07) is 11.3. The summed E-state index contributed by atoms with van der Waals surface area (Å²) < 4.78 is 0. The number of thioether (sulfide) groups is 1. The maximum Gasteiger partial charge on any atom is 0.189 e. The largest absolute Gasteiger partial charge is 0.387 e. The van der Waals surface area contributed by atoms with Crippen molar-refractivity contribution < 1.29 is 5.11 Å². The highest BCUT2D eigenvalue weighted by Crippen LogP contribution is 2.14. The molecule has 0 aliphatic rings. The molecule has 0 saturated carbocycles. The summed E-state index contributed by atoms with van der Waals surface area (Å²) in [5, 5.41) is 13.8. The minimum atomic E-state index is -0.543. The van der Waals surface area contributed by atoms with Crippen LogP contribution in [0.15, 0.2) is 47.8 Å². The van der Waals surface area contributed by atoms with Gasteiger partial charge in [0.15, 0.2) is 5.16 Å². The monoisotopic (exact) mass is 261 g/mol. The van der Waals surface area contributed by atoms with Crippen LogP contribution in [0.3, 0.4) is 0 Å². The molecule has 0 amide bonds. The Morgan fingerprint density at radius 2 is 2.06 bits per heavy atom. The predicted molar refractivity (Wildman–Crippen MR) is 73.7 cm³/mol. The lowest BCUT2D eigenvalue weighted by atomic mass is 10.1. The lowest BCUT2D eigenvalue weighted by molar-refractivity contribution is 0.191. The maximum absolute atomic E-state index is 10.00. The van der Waals surface area contributed by atoms with Crippen LogP contribution in [0.4, 0.5) is 5.82 Å². The summed E-state index contributed by atoms with van der Waals surface area (Å²) in [5.41, 5.74) is 0.893. The van der Waals surface area contributed by atoms with Gasteiger partial charge in [0.25, 0.3) is 0 Å². The van der Waals surface area contributed by atoms with Gasteiger partial charge in [-0.3, -0.25) is 0 Å². The second-order valence-corrected chi connectivity index (χ2v) is 4.51. The molecule has 4 nitrogen and oxygen atoms in total. The first kappa shape index (κ1) is 12.9. The number of nitrogens with zero attached hydrogens (tertiary/aromatic N) is 2.